The van der Waals surface area contributed by atoms with Crippen LogP contribution in [-0.2, 0) is 20.7 Å². The molecule has 29 heavy (non-hydrogen) atoms. The highest BCUT2D eigenvalue weighted by Crippen LogP contribution is 2.46. The Morgan fingerprint density at radius 1 is 1.00 bits per heavy atom. The van der Waals surface area contributed by atoms with Crippen LogP contribution in [0.1, 0.15) is 28.8 Å². The van der Waals surface area contributed by atoms with E-state index >= 15 is 0 Å². The van der Waals surface area contributed by atoms with Gasteiger partial charge in [0, 0.05) is 12.2 Å². The maximum Gasteiger partial charge on any atom is 0.337 e. The highest BCUT2D eigenvalue weighted by molar-refractivity contribution is 6.13. The fourth-order valence-corrected chi connectivity index (χ4v) is 3.16. The predicted octanol–water partition coefficient (Wildman–Crippen LogP) is 2.56. The number of hydrogen-bond donors (Lipinski definition) is 2. The SMILES string of the molecule is COC(=O)c1cccc(NC(=O)C2(C(=O)NCCc3ccccc3OC)CC2)c1. The number of amides is 2. The summed E-state index contributed by atoms with van der Waals surface area (Å²) in [5.74, 6) is -0.370. The normalized spacial score (nSPS) is 13.9. The summed E-state index contributed by atoms with van der Waals surface area (Å²) in [6.07, 6.45) is 1.60. The summed E-state index contributed by atoms with van der Waals surface area (Å²) >= 11 is 0. The Kier molecular flexibility index (Phi) is 6.16. The molecular formula is C22H24N2O5. The van der Waals surface area contributed by atoms with Crippen LogP contribution in [0.3, 0.4) is 0 Å². The van der Waals surface area contributed by atoms with Crippen LogP contribution in [0, 0.1) is 5.41 Å². The van der Waals surface area contributed by atoms with Crippen molar-refractivity contribution in [2.45, 2.75) is 19.3 Å². The van der Waals surface area contributed by atoms with E-state index in [0.29, 0.717) is 37.1 Å². The van der Waals surface area contributed by atoms with Gasteiger partial charge in [-0.2, -0.15) is 0 Å². The molecule has 3 rings (SSSR count). The molecule has 0 aromatic heterocycles. The van der Waals surface area contributed by atoms with E-state index in [4.69, 9.17) is 4.74 Å². The number of methoxy groups -OCH3 is 2. The van der Waals surface area contributed by atoms with Gasteiger partial charge in [-0.1, -0.05) is 24.3 Å². The largest absolute Gasteiger partial charge is 0.496 e. The van der Waals surface area contributed by atoms with E-state index in [1.165, 1.54) is 13.2 Å². The molecule has 0 aliphatic heterocycles. The fourth-order valence-electron chi connectivity index (χ4n) is 3.16. The van der Waals surface area contributed by atoms with Gasteiger partial charge < -0.3 is 20.1 Å². The van der Waals surface area contributed by atoms with E-state index in [1.54, 1.807) is 25.3 Å². The van der Waals surface area contributed by atoms with Crippen molar-refractivity contribution >= 4 is 23.5 Å². The molecule has 0 radical (unpaired) electrons. The smallest absolute Gasteiger partial charge is 0.337 e. The van der Waals surface area contributed by atoms with Gasteiger partial charge in [0.05, 0.1) is 19.8 Å². The molecule has 2 amide bonds. The molecule has 2 N–H and O–H groups in total. The summed E-state index contributed by atoms with van der Waals surface area (Å²) in [5.41, 5.74) is 0.716. The van der Waals surface area contributed by atoms with Crippen LogP contribution in [0.4, 0.5) is 5.69 Å². The van der Waals surface area contributed by atoms with Crippen molar-refractivity contribution in [2.75, 3.05) is 26.1 Å². The molecule has 0 bridgehead atoms. The van der Waals surface area contributed by atoms with E-state index in [0.717, 1.165) is 11.3 Å². The van der Waals surface area contributed by atoms with E-state index in [2.05, 4.69) is 15.4 Å². The van der Waals surface area contributed by atoms with Gasteiger partial charge in [0.1, 0.15) is 11.2 Å². The van der Waals surface area contributed by atoms with Crippen molar-refractivity contribution < 1.29 is 23.9 Å². The zero-order chi connectivity index (χ0) is 20.9. The molecule has 1 fully saturated rings. The molecule has 1 aliphatic rings. The third kappa shape index (κ3) is 4.56. The average molecular weight is 396 g/mol. The number of rotatable bonds is 8. The lowest BCUT2D eigenvalue weighted by Gasteiger charge is -2.16. The van der Waals surface area contributed by atoms with Gasteiger partial charge >= 0.3 is 5.97 Å². The van der Waals surface area contributed by atoms with Crippen molar-refractivity contribution in [3.05, 3.63) is 59.7 Å². The second kappa shape index (κ2) is 8.77. The molecule has 2 aromatic rings. The first-order chi connectivity index (χ1) is 14.0. The highest BCUT2D eigenvalue weighted by Gasteiger charge is 2.56. The average Bonchev–Trinajstić information content (AvgIpc) is 3.56. The number of carbonyl (C=O) groups is 3. The first-order valence-electron chi connectivity index (χ1n) is 9.40. The summed E-state index contributed by atoms with van der Waals surface area (Å²) in [4.78, 5) is 37.0. The van der Waals surface area contributed by atoms with Crippen LogP contribution >= 0.6 is 0 Å². The summed E-state index contributed by atoms with van der Waals surface area (Å²) in [7, 11) is 2.90. The molecule has 0 spiro atoms. The number of anilines is 1. The minimum Gasteiger partial charge on any atom is -0.496 e. The van der Waals surface area contributed by atoms with Gasteiger partial charge in [0.15, 0.2) is 0 Å². The lowest BCUT2D eigenvalue weighted by Crippen LogP contribution is -2.40. The number of benzene rings is 2. The molecule has 2 aromatic carbocycles. The van der Waals surface area contributed by atoms with E-state index < -0.39 is 11.4 Å². The Bertz CT molecular complexity index is 921. The van der Waals surface area contributed by atoms with Gasteiger partial charge in [0.25, 0.3) is 0 Å². The quantitative estimate of drug-likeness (QED) is 0.528. The number of hydrogen-bond acceptors (Lipinski definition) is 5. The monoisotopic (exact) mass is 396 g/mol. The van der Waals surface area contributed by atoms with Crippen molar-refractivity contribution in [1.29, 1.82) is 0 Å². The molecule has 1 saturated carbocycles. The standard InChI is InChI=1S/C22H24N2O5/c1-28-18-9-4-3-6-15(18)10-13-23-20(26)22(11-12-22)21(27)24-17-8-5-7-16(14-17)19(25)29-2/h3-9,14H,10-13H2,1-2H3,(H,23,26)(H,24,27). The number of carbonyl (C=O) groups excluding carboxylic acids is 3. The Labute approximate surface area is 169 Å². The van der Waals surface area contributed by atoms with Crippen LogP contribution in [0.5, 0.6) is 5.75 Å². The molecule has 152 valence electrons. The third-order valence-electron chi connectivity index (χ3n) is 5.03. The minimum atomic E-state index is -1.05. The number of ether oxygens (including phenoxy) is 2. The highest BCUT2D eigenvalue weighted by atomic mass is 16.5. The first kappa shape index (κ1) is 20.4. The van der Waals surface area contributed by atoms with Crippen molar-refractivity contribution in [1.82, 2.24) is 5.32 Å². The third-order valence-corrected chi connectivity index (χ3v) is 5.03. The van der Waals surface area contributed by atoms with Gasteiger partial charge in [-0.05, 0) is 49.1 Å². The zero-order valence-corrected chi connectivity index (χ0v) is 16.5. The second-order valence-corrected chi connectivity index (χ2v) is 6.93. The Hall–Kier alpha value is -3.35. The molecular weight excluding hydrogens is 372 g/mol. The molecule has 7 heteroatoms. The lowest BCUT2D eigenvalue weighted by molar-refractivity contribution is -0.134. The fraction of sp³-hybridized carbons (Fsp3) is 0.318. The van der Waals surface area contributed by atoms with Crippen LogP contribution in [-0.4, -0.2) is 38.5 Å². The van der Waals surface area contributed by atoms with Crippen LogP contribution in [0.2, 0.25) is 0 Å². The molecule has 0 heterocycles. The summed E-state index contributed by atoms with van der Waals surface area (Å²) in [6, 6.07) is 14.1. The Balaban J connectivity index is 1.58. The molecule has 1 aliphatic carbocycles. The van der Waals surface area contributed by atoms with E-state index in [1.807, 2.05) is 24.3 Å². The Morgan fingerprint density at radius 3 is 2.45 bits per heavy atom. The molecule has 7 nitrogen and oxygen atoms in total. The van der Waals surface area contributed by atoms with E-state index in [-0.39, 0.29) is 11.8 Å². The number of esters is 1. The zero-order valence-electron chi connectivity index (χ0n) is 16.5. The summed E-state index contributed by atoms with van der Waals surface area (Å²) in [6.45, 7) is 0.409. The van der Waals surface area contributed by atoms with Crippen LogP contribution < -0.4 is 15.4 Å². The van der Waals surface area contributed by atoms with Crippen molar-refractivity contribution in [2.24, 2.45) is 5.41 Å². The van der Waals surface area contributed by atoms with E-state index in [9.17, 15) is 14.4 Å². The predicted molar refractivity (Wildman–Crippen MR) is 108 cm³/mol. The lowest BCUT2D eigenvalue weighted by atomic mass is 10.0. The van der Waals surface area contributed by atoms with Gasteiger partial charge in [-0.25, -0.2) is 4.79 Å². The van der Waals surface area contributed by atoms with Crippen molar-refractivity contribution in [3.8, 4) is 5.75 Å². The minimum absolute atomic E-state index is 0.283. The van der Waals surface area contributed by atoms with Crippen LogP contribution in [0.15, 0.2) is 48.5 Å². The summed E-state index contributed by atoms with van der Waals surface area (Å²) in [5, 5.41) is 5.60. The molecule has 0 atom stereocenters. The summed E-state index contributed by atoms with van der Waals surface area (Å²) < 4.78 is 10.00. The van der Waals surface area contributed by atoms with Crippen molar-refractivity contribution in [3.63, 3.8) is 0 Å². The van der Waals surface area contributed by atoms with Gasteiger partial charge in [-0.3, -0.25) is 9.59 Å². The number of nitrogens with one attached hydrogen (secondary N) is 2. The maximum atomic E-state index is 12.7. The maximum absolute atomic E-state index is 12.7. The molecule has 0 saturated heterocycles. The van der Waals surface area contributed by atoms with Gasteiger partial charge in [0.2, 0.25) is 11.8 Å². The Morgan fingerprint density at radius 2 is 1.76 bits per heavy atom. The first-order valence-corrected chi connectivity index (χ1v) is 9.40. The van der Waals surface area contributed by atoms with Gasteiger partial charge in [-0.15, -0.1) is 0 Å². The topological polar surface area (TPSA) is 93.7 Å². The number of para-hydroxylation sites is 1. The molecule has 0 unspecified atom stereocenters. The van der Waals surface area contributed by atoms with Crippen LogP contribution in [0.25, 0.3) is 0 Å². The second-order valence-electron chi connectivity index (χ2n) is 6.93.